The van der Waals surface area contributed by atoms with Crippen LogP contribution in [0.2, 0.25) is 0 Å². The number of aliphatic carboxylic acids is 1. The number of nitrogens with zero attached hydrogens (tertiary/aromatic N) is 1. The smallest absolute Gasteiger partial charge is 0.310 e. The molecule has 1 aliphatic heterocycles. The zero-order valence-electron chi connectivity index (χ0n) is 11.3. The van der Waals surface area contributed by atoms with Gasteiger partial charge in [-0.15, -0.1) is 0 Å². The fraction of sp³-hybridized carbons (Fsp3) is 0.818. The van der Waals surface area contributed by atoms with E-state index in [9.17, 15) is 18.0 Å². The van der Waals surface area contributed by atoms with Crippen LogP contribution < -0.4 is 5.32 Å². The molecule has 1 atom stereocenters. The lowest BCUT2D eigenvalue weighted by Gasteiger charge is -2.24. The topological polar surface area (TPSA) is 104 Å². The average molecular weight is 292 g/mol. The number of carbonyl (C=O) groups excluding carboxylic acids is 1. The first-order valence-electron chi connectivity index (χ1n) is 6.03. The number of hydrogen-bond donors (Lipinski definition) is 2. The molecule has 19 heavy (non-hydrogen) atoms. The summed E-state index contributed by atoms with van der Waals surface area (Å²) in [6, 6.07) is -0.723. The Hall–Kier alpha value is -1.15. The molecule has 1 aliphatic rings. The number of sulfonamides is 1. The Bertz CT molecular complexity index is 471. The van der Waals surface area contributed by atoms with Crippen molar-refractivity contribution in [2.45, 2.75) is 32.7 Å². The normalized spacial score (nSPS) is 21.3. The Morgan fingerprint density at radius 1 is 1.42 bits per heavy atom. The molecule has 0 aliphatic carbocycles. The molecule has 0 spiro atoms. The van der Waals surface area contributed by atoms with Crippen LogP contribution in [0.5, 0.6) is 0 Å². The second kappa shape index (κ2) is 5.46. The lowest BCUT2D eigenvalue weighted by atomic mass is 9.94. The molecular formula is C11H20N2O5S. The van der Waals surface area contributed by atoms with Gasteiger partial charge < -0.3 is 10.4 Å². The van der Waals surface area contributed by atoms with Crippen molar-refractivity contribution in [3.05, 3.63) is 0 Å². The van der Waals surface area contributed by atoms with Crippen LogP contribution >= 0.6 is 0 Å². The summed E-state index contributed by atoms with van der Waals surface area (Å²) in [5, 5.41) is 11.5. The molecule has 0 saturated carbocycles. The van der Waals surface area contributed by atoms with Gasteiger partial charge in [0.15, 0.2) is 0 Å². The lowest BCUT2D eigenvalue weighted by molar-refractivity contribution is -0.146. The Morgan fingerprint density at radius 2 is 2.00 bits per heavy atom. The van der Waals surface area contributed by atoms with E-state index in [-0.39, 0.29) is 6.54 Å². The second-order valence-corrected chi connectivity index (χ2v) is 7.37. The van der Waals surface area contributed by atoms with Gasteiger partial charge in [0.25, 0.3) is 0 Å². The molecular weight excluding hydrogens is 272 g/mol. The van der Waals surface area contributed by atoms with Crippen molar-refractivity contribution in [3.63, 3.8) is 0 Å². The minimum Gasteiger partial charge on any atom is -0.481 e. The fourth-order valence-corrected chi connectivity index (χ4v) is 3.02. The average Bonchev–Trinajstić information content (AvgIpc) is 2.74. The van der Waals surface area contributed by atoms with E-state index in [1.807, 2.05) is 0 Å². The first-order valence-corrected chi connectivity index (χ1v) is 7.88. The third-order valence-corrected chi connectivity index (χ3v) is 4.50. The molecule has 1 saturated heterocycles. The van der Waals surface area contributed by atoms with Crippen LogP contribution in [-0.2, 0) is 19.6 Å². The molecule has 0 radical (unpaired) electrons. The zero-order valence-corrected chi connectivity index (χ0v) is 12.2. The first kappa shape index (κ1) is 15.9. The summed E-state index contributed by atoms with van der Waals surface area (Å²) >= 11 is 0. The van der Waals surface area contributed by atoms with Gasteiger partial charge in [-0.1, -0.05) is 0 Å². The first-order chi connectivity index (χ1) is 8.55. The van der Waals surface area contributed by atoms with Crippen molar-refractivity contribution in [1.29, 1.82) is 0 Å². The van der Waals surface area contributed by atoms with E-state index in [2.05, 4.69) is 5.32 Å². The van der Waals surface area contributed by atoms with Crippen LogP contribution in [0, 0.1) is 5.41 Å². The highest BCUT2D eigenvalue weighted by Gasteiger charge is 2.37. The lowest BCUT2D eigenvalue weighted by Crippen LogP contribution is -2.48. The molecule has 0 bridgehead atoms. The SMILES string of the molecule is CC(C)(CNC(=O)[C@@H]1CCCN1S(C)(=O)=O)C(=O)O. The number of hydrogen-bond acceptors (Lipinski definition) is 4. The van der Waals surface area contributed by atoms with Gasteiger partial charge >= 0.3 is 5.97 Å². The number of nitrogens with one attached hydrogen (secondary N) is 1. The Labute approximate surface area is 113 Å². The molecule has 0 aromatic heterocycles. The van der Waals surface area contributed by atoms with Crippen molar-refractivity contribution in [2.75, 3.05) is 19.3 Å². The third-order valence-electron chi connectivity index (χ3n) is 3.22. The molecule has 1 rings (SSSR count). The minimum atomic E-state index is -3.41. The summed E-state index contributed by atoms with van der Waals surface area (Å²) in [5.41, 5.74) is -1.08. The van der Waals surface area contributed by atoms with E-state index >= 15 is 0 Å². The van der Waals surface area contributed by atoms with Gasteiger partial charge in [-0.2, -0.15) is 4.31 Å². The predicted molar refractivity (Wildman–Crippen MR) is 69.0 cm³/mol. The summed E-state index contributed by atoms with van der Waals surface area (Å²) in [6.07, 6.45) is 2.17. The molecule has 0 aromatic rings. The van der Waals surface area contributed by atoms with Gasteiger partial charge in [-0.3, -0.25) is 9.59 Å². The van der Waals surface area contributed by atoms with Crippen LogP contribution in [0.15, 0.2) is 0 Å². The van der Waals surface area contributed by atoms with Gasteiger partial charge in [0, 0.05) is 13.1 Å². The van der Waals surface area contributed by atoms with Crippen LogP contribution in [0.1, 0.15) is 26.7 Å². The number of carboxylic acids is 1. The van der Waals surface area contributed by atoms with Crippen molar-refractivity contribution >= 4 is 21.9 Å². The standard InChI is InChI=1S/C11H20N2O5S/c1-11(2,10(15)16)7-12-9(14)8-5-4-6-13(8)19(3,17)18/h8H,4-7H2,1-3H3,(H,12,14)(H,15,16)/t8-/m0/s1. The highest BCUT2D eigenvalue weighted by Crippen LogP contribution is 2.21. The van der Waals surface area contributed by atoms with Crippen molar-refractivity contribution in [3.8, 4) is 0 Å². The van der Waals surface area contributed by atoms with Crippen molar-refractivity contribution in [1.82, 2.24) is 9.62 Å². The summed E-state index contributed by atoms with van der Waals surface area (Å²) in [5.74, 6) is -1.45. The largest absolute Gasteiger partial charge is 0.481 e. The molecule has 110 valence electrons. The van der Waals surface area contributed by atoms with Crippen molar-refractivity contribution < 1.29 is 23.1 Å². The number of amides is 1. The molecule has 2 N–H and O–H groups in total. The van der Waals surface area contributed by atoms with E-state index in [1.165, 1.54) is 13.8 Å². The maximum atomic E-state index is 12.0. The fourth-order valence-electron chi connectivity index (χ4n) is 1.90. The van der Waals surface area contributed by atoms with E-state index in [4.69, 9.17) is 5.11 Å². The Kier molecular flexibility index (Phi) is 4.57. The third kappa shape index (κ3) is 3.90. The van der Waals surface area contributed by atoms with Crippen molar-refractivity contribution in [2.24, 2.45) is 5.41 Å². The van der Waals surface area contributed by atoms with Crippen LogP contribution in [0.3, 0.4) is 0 Å². The van der Waals surface area contributed by atoms with Gasteiger partial charge in [-0.25, -0.2) is 8.42 Å². The predicted octanol–water partition coefficient (Wildman–Crippen LogP) is -0.363. The highest BCUT2D eigenvalue weighted by atomic mass is 32.2. The quantitative estimate of drug-likeness (QED) is 0.720. The summed E-state index contributed by atoms with van der Waals surface area (Å²) in [6.45, 7) is 3.30. The summed E-state index contributed by atoms with van der Waals surface area (Å²) in [4.78, 5) is 22.9. The van der Waals surface area contributed by atoms with E-state index in [0.717, 1.165) is 10.6 Å². The van der Waals surface area contributed by atoms with Gasteiger partial charge in [0.05, 0.1) is 11.7 Å². The van der Waals surface area contributed by atoms with Gasteiger partial charge in [0.2, 0.25) is 15.9 Å². The molecule has 8 heteroatoms. The van der Waals surface area contributed by atoms with Crippen LogP contribution in [-0.4, -0.2) is 55.1 Å². The number of carboxylic acid groups (broad SMARTS) is 1. The Morgan fingerprint density at radius 3 is 2.47 bits per heavy atom. The maximum absolute atomic E-state index is 12.0. The maximum Gasteiger partial charge on any atom is 0.310 e. The molecule has 1 fully saturated rings. The minimum absolute atomic E-state index is 0.0325. The molecule has 1 heterocycles. The molecule has 1 amide bonds. The monoisotopic (exact) mass is 292 g/mol. The van der Waals surface area contributed by atoms with Crippen LogP contribution in [0.25, 0.3) is 0 Å². The van der Waals surface area contributed by atoms with E-state index < -0.39 is 33.4 Å². The summed E-state index contributed by atoms with van der Waals surface area (Å²) < 4.78 is 24.2. The summed E-state index contributed by atoms with van der Waals surface area (Å²) in [7, 11) is -3.41. The van der Waals surface area contributed by atoms with E-state index in [0.29, 0.717) is 19.4 Å². The molecule has 0 aromatic carbocycles. The van der Waals surface area contributed by atoms with E-state index in [1.54, 1.807) is 0 Å². The molecule has 7 nitrogen and oxygen atoms in total. The highest BCUT2D eigenvalue weighted by molar-refractivity contribution is 7.88. The van der Waals surface area contributed by atoms with Gasteiger partial charge in [-0.05, 0) is 26.7 Å². The van der Waals surface area contributed by atoms with Gasteiger partial charge in [0.1, 0.15) is 6.04 Å². The number of carbonyl (C=O) groups is 2. The molecule has 0 unspecified atom stereocenters. The Balaban J connectivity index is 2.66. The zero-order chi connectivity index (χ0) is 14.8. The number of rotatable bonds is 5. The second-order valence-electron chi connectivity index (χ2n) is 5.44. The van der Waals surface area contributed by atoms with Crippen LogP contribution in [0.4, 0.5) is 0 Å².